The molecule has 2 nitrogen and oxygen atoms in total. The van der Waals surface area contributed by atoms with Crippen molar-refractivity contribution in [2.75, 3.05) is 6.54 Å². The van der Waals surface area contributed by atoms with Gasteiger partial charge in [0.1, 0.15) is 18.2 Å². The Balaban J connectivity index is 2.07. The normalized spacial score (nSPS) is 10.7. The molecule has 0 heterocycles. The van der Waals surface area contributed by atoms with E-state index in [4.69, 9.17) is 4.74 Å². The van der Waals surface area contributed by atoms with Gasteiger partial charge < -0.3 is 10.1 Å². The van der Waals surface area contributed by atoms with E-state index >= 15 is 0 Å². The van der Waals surface area contributed by atoms with Crippen LogP contribution < -0.4 is 10.1 Å². The predicted molar refractivity (Wildman–Crippen MR) is 87.0 cm³/mol. The van der Waals surface area contributed by atoms with Crippen molar-refractivity contribution in [3.8, 4) is 5.75 Å². The number of aryl methyl sites for hydroxylation is 1. The van der Waals surface area contributed by atoms with Gasteiger partial charge in [-0.2, -0.15) is 0 Å². The molecule has 0 saturated heterocycles. The highest BCUT2D eigenvalue weighted by molar-refractivity contribution is 9.10. The molecule has 0 unspecified atom stereocenters. The second-order valence-corrected chi connectivity index (χ2v) is 5.75. The highest BCUT2D eigenvalue weighted by Gasteiger charge is 2.05. The van der Waals surface area contributed by atoms with Gasteiger partial charge in [-0.1, -0.05) is 28.9 Å². The Morgan fingerprint density at radius 3 is 2.71 bits per heavy atom. The van der Waals surface area contributed by atoms with E-state index in [0.717, 1.165) is 40.0 Å². The Morgan fingerprint density at radius 1 is 1.14 bits per heavy atom. The van der Waals surface area contributed by atoms with Gasteiger partial charge in [0.2, 0.25) is 0 Å². The van der Waals surface area contributed by atoms with Gasteiger partial charge in [0, 0.05) is 11.0 Å². The lowest BCUT2D eigenvalue weighted by molar-refractivity contribution is 0.304. The Kier molecular flexibility index (Phi) is 5.76. The van der Waals surface area contributed by atoms with Gasteiger partial charge in [0.25, 0.3) is 0 Å². The molecule has 0 aliphatic heterocycles. The van der Waals surface area contributed by atoms with Crippen LogP contribution in [-0.2, 0) is 13.2 Å². The van der Waals surface area contributed by atoms with Gasteiger partial charge in [0.05, 0.1) is 0 Å². The molecule has 112 valence electrons. The molecular weight excluding hydrogens is 333 g/mol. The molecule has 0 radical (unpaired) electrons. The Labute approximate surface area is 133 Å². The SMILES string of the molecule is CCNCc1cc(OCc2cc(F)ccc2C)ccc1Br. The van der Waals surface area contributed by atoms with E-state index in [1.54, 1.807) is 6.07 Å². The topological polar surface area (TPSA) is 21.3 Å². The zero-order valence-corrected chi connectivity index (χ0v) is 13.8. The van der Waals surface area contributed by atoms with Crippen LogP contribution in [0.3, 0.4) is 0 Å². The standard InChI is InChI=1S/C17H19BrFNO/c1-3-20-10-13-9-16(6-7-17(13)18)21-11-14-8-15(19)5-4-12(14)2/h4-9,20H,3,10-11H2,1-2H3. The van der Waals surface area contributed by atoms with Crippen LogP contribution in [0.1, 0.15) is 23.6 Å². The third kappa shape index (κ3) is 4.55. The fourth-order valence-corrected chi connectivity index (χ4v) is 2.38. The number of nitrogens with one attached hydrogen (secondary N) is 1. The van der Waals surface area contributed by atoms with E-state index in [1.807, 2.05) is 25.1 Å². The fraction of sp³-hybridized carbons (Fsp3) is 0.294. The summed E-state index contributed by atoms with van der Waals surface area (Å²) in [7, 11) is 0. The van der Waals surface area contributed by atoms with Crippen molar-refractivity contribution in [2.45, 2.75) is 27.0 Å². The smallest absolute Gasteiger partial charge is 0.123 e. The molecule has 0 saturated carbocycles. The maximum absolute atomic E-state index is 13.3. The minimum atomic E-state index is -0.233. The molecule has 2 aromatic carbocycles. The average Bonchev–Trinajstić information content (AvgIpc) is 2.48. The second kappa shape index (κ2) is 7.57. The van der Waals surface area contributed by atoms with Gasteiger partial charge in [0.15, 0.2) is 0 Å². The molecular formula is C17H19BrFNO. The van der Waals surface area contributed by atoms with Gasteiger partial charge in [-0.25, -0.2) is 4.39 Å². The maximum atomic E-state index is 13.3. The van der Waals surface area contributed by atoms with Crippen LogP contribution in [0.2, 0.25) is 0 Å². The Hall–Kier alpha value is -1.39. The first-order chi connectivity index (χ1) is 10.1. The van der Waals surface area contributed by atoms with Crippen molar-refractivity contribution in [3.63, 3.8) is 0 Å². The highest BCUT2D eigenvalue weighted by atomic mass is 79.9. The van der Waals surface area contributed by atoms with Crippen molar-refractivity contribution in [1.82, 2.24) is 5.32 Å². The van der Waals surface area contributed by atoms with Crippen LogP contribution in [0.5, 0.6) is 5.75 Å². The molecule has 0 atom stereocenters. The Morgan fingerprint density at radius 2 is 1.95 bits per heavy atom. The molecule has 2 rings (SSSR count). The first-order valence-corrected chi connectivity index (χ1v) is 7.76. The zero-order valence-electron chi connectivity index (χ0n) is 12.2. The summed E-state index contributed by atoms with van der Waals surface area (Å²) in [6.07, 6.45) is 0. The van der Waals surface area contributed by atoms with Crippen molar-refractivity contribution in [2.24, 2.45) is 0 Å². The van der Waals surface area contributed by atoms with E-state index in [2.05, 4.69) is 28.2 Å². The number of hydrogen-bond donors (Lipinski definition) is 1. The van der Waals surface area contributed by atoms with Crippen LogP contribution in [0.25, 0.3) is 0 Å². The molecule has 0 aliphatic carbocycles. The van der Waals surface area contributed by atoms with Crippen LogP contribution in [0.4, 0.5) is 4.39 Å². The quantitative estimate of drug-likeness (QED) is 0.821. The first-order valence-electron chi connectivity index (χ1n) is 6.97. The molecule has 4 heteroatoms. The maximum Gasteiger partial charge on any atom is 0.123 e. The second-order valence-electron chi connectivity index (χ2n) is 4.89. The molecule has 0 amide bonds. The minimum Gasteiger partial charge on any atom is -0.489 e. The number of hydrogen-bond acceptors (Lipinski definition) is 2. The molecule has 21 heavy (non-hydrogen) atoms. The summed E-state index contributed by atoms with van der Waals surface area (Å²) in [5.74, 6) is 0.553. The molecule has 0 aromatic heterocycles. The van der Waals surface area contributed by atoms with Crippen molar-refractivity contribution < 1.29 is 9.13 Å². The van der Waals surface area contributed by atoms with Crippen LogP contribution >= 0.6 is 15.9 Å². The zero-order chi connectivity index (χ0) is 15.2. The van der Waals surface area contributed by atoms with E-state index in [1.165, 1.54) is 12.1 Å². The van der Waals surface area contributed by atoms with Crippen molar-refractivity contribution >= 4 is 15.9 Å². The van der Waals surface area contributed by atoms with Gasteiger partial charge in [-0.15, -0.1) is 0 Å². The predicted octanol–water partition coefficient (Wildman–Crippen LogP) is 4.59. The van der Waals surface area contributed by atoms with E-state index in [0.29, 0.717) is 6.61 Å². The van der Waals surface area contributed by atoms with Gasteiger partial charge in [-0.3, -0.25) is 0 Å². The summed E-state index contributed by atoms with van der Waals surface area (Å²) in [6, 6.07) is 10.6. The van der Waals surface area contributed by atoms with Gasteiger partial charge >= 0.3 is 0 Å². The first kappa shape index (κ1) is 16.0. The summed E-state index contributed by atoms with van der Waals surface area (Å²) < 4.78 is 20.1. The lowest BCUT2D eigenvalue weighted by Crippen LogP contribution is -2.12. The van der Waals surface area contributed by atoms with Crippen LogP contribution in [0, 0.1) is 12.7 Å². The number of rotatable bonds is 6. The fourth-order valence-electron chi connectivity index (χ4n) is 1.99. The Bertz CT molecular complexity index is 616. The number of halogens is 2. The largest absolute Gasteiger partial charge is 0.489 e. The third-order valence-electron chi connectivity index (χ3n) is 3.29. The third-order valence-corrected chi connectivity index (χ3v) is 4.06. The van der Waals surface area contributed by atoms with E-state index < -0.39 is 0 Å². The molecule has 0 spiro atoms. The van der Waals surface area contributed by atoms with Crippen molar-refractivity contribution in [3.05, 3.63) is 63.4 Å². The average molecular weight is 352 g/mol. The van der Waals surface area contributed by atoms with Crippen LogP contribution in [-0.4, -0.2) is 6.54 Å². The molecule has 0 bridgehead atoms. The summed E-state index contributed by atoms with van der Waals surface area (Å²) >= 11 is 3.53. The molecule has 2 aromatic rings. The monoisotopic (exact) mass is 351 g/mol. The minimum absolute atomic E-state index is 0.233. The van der Waals surface area contributed by atoms with Gasteiger partial charge in [-0.05, 0) is 60.5 Å². The number of ether oxygens (including phenoxy) is 1. The lowest BCUT2D eigenvalue weighted by atomic mass is 10.1. The van der Waals surface area contributed by atoms with Crippen molar-refractivity contribution in [1.29, 1.82) is 0 Å². The highest BCUT2D eigenvalue weighted by Crippen LogP contribution is 2.23. The molecule has 0 fully saturated rings. The summed E-state index contributed by atoms with van der Waals surface area (Å²) in [5, 5.41) is 3.29. The molecule has 1 N–H and O–H groups in total. The molecule has 0 aliphatic rings. The summed E-state index contributed by atoms with van der Waals surface area (Å²) in [6.45, 7) is 6.09. The van der Waals surface area contributed by atoms with Crippen LogP contribution in [0.15, 0.2) is 40.9 Å². The summed E-state index contributed by atoms with van der Waals surface area (Å²) in [5.41, 5.74) is 3.04. The summed E-state index contributed by atoms with van der Waals surface area (Å²) in [4.78, 5) is 0. The van der Waals surface area contributed by atoms with E-state index in [-0.39, 0.29) is 5.82 Å². The number of benzene rings is 2. The lowest BCUT2D eigenvalue weighted by Gasteiger charge is -2.11. The van der Waals surface area contributed by atoms with E-state index in [9.17, 15) is 4.39 Å².